The highest BCUT2D eigenvalue weighted by molar-refractivity contribution is 5.98. The van der Waals surface area contributed by atoms with Crippen LogP contribution in [0.25, 0.3) is 0 Å². The van der Waals surface area contributed by atoms with E-state index in [4.69, 9.17) is 14.2 Å². The van der Waals surface area contributed by atoms with Gasteiger partial charge in [-0.25, -0.2) is 9.59 Å². The minimum absolute atomic E-state index is 0.0523. The summed E-state index contributed by atoms with van der Waals surface area (Å²) in [5.41, 5.74) is 0.0523. The van der Waals surface area contributed by atoms with Gasteiger partial charge in [-0.3, -0.25) is 10.1 Å². The number of hydrogen-bond acceptors (Lipinski definition) is 7. The molecule has 1 aromatic rings. The van der Waals surface area contributed by atoms with Crippen molar-refractivity contribution in [1.82, 2.24) is 5.32 Å². The first kappa shape index (κ1) is 17.3. The molecule has 0 unspecified atom stereocenters. The molecule has 1 rings (SSSR count). The fourth-order valence-electron chi connectivity index (χ4n) is 1.57. The Balaban J connectivity index is 2.70. The minimum atomic E-state index is -0.904. The first-order valence-electron chi connectivity index (χ1n) is 6.38. The molecule has 2 amide bonds. The van der Waals surface area contributed by atoms with Crippen molar-refractivity contribution in [2.24, 2.45) is 0 Å². The normalized spacial score (nSPS) is 9.59. The van der Waals surface area contributed by atoms with E-state index in [1.54, 1.807) is 25.1 Å². The Morgan fingerprint density at radius 3 is 2.14 bits per heavy atom. The molecule has 0 saturated carbocycles. The smallest absolute Gasteiger partial charge is 0.413 e. The maximum atomic E-state index is 12.0. The summed E-state index contributed by atoms with van der Waals surface area (Å²) < 4.78 is 19.5. The number of alkyl carbamates (subject to hydrolysis) is 1. The molecular weight excluding hydrogens is 294 g/mol. The monoisotopic (exact) mass is 311 g/mol. The van der Waals surface area contributed by atoms with E-state index in [-0.39, 0.29) is 23.7 Å². The third-order valence-electron chi connectivity index (χ3n) is 2.48. The van der Waals surface area contributed by atoms with Gasteiger partial charge in [-0.1, -0.05) is 6.07 Å². The van der Waals surface area contributed by atoms with Crippen LogP contribution in [-0.2, 0) is 14.3 Å². The van der Waals surface area contributed by atoms with E-state index in [9.17, 15) is 14.4 Å². The predicted molar refractivity (Wildman–Crippen MR) is 75.0 cm³/mol. The first-order valence-corrected chi connectivity index (χ1v) is 6.38. The fraction of sp³-hybridized carbons (Fsp3) is 0.357. The van der Waals surface area contributed by atoms with Gasteiger partial charge in [0.25, 0.3) is 5.91 Å². The van der Waals surface area contributed by atoms with Crippen LogP contribution in [0.3, 0.4) is 0 Å². The van der Waals surface area contributed by atoms with Crippen LogP contribution in [0.15, 0.2) is 18.2 Å². The second-order valence-electron chi connectivity index (χ2n) is 3.88. The van der Waals surface area contributed by atoms with E-state index in [1.807, 2.05) is 5.32 Å². The average Bonchev–Trinajstić information content (AvgIpc) is 2.51. The highest BCUT2D eigenvalue weighted by atomic mass is 16.6. The fourth-order valence-corrected chi connectivity index (χ4v) is 1.57. The molecule has 0 aliphatic carbocycles. The SMILES string of the molecule is CCOC(=O)NC(=O)COC(=O)c1c(OC)cccc1OC. The third kappa shape index (κ3) is 4.65. The van der Waals surface area contributed by atoms with Gasteiger partial charge in [-0.15, -0.1) is 0 Å². The number of carbonyl (C=O) groups is 3. The van der Waals surface area contributed by atoms with Crippen molar-refractivity contribution in [3.05, 3.63) is 23.8 Å². The Kier molecular flexibility index (Phi) is 6.68. The van der Waals surface area contributed by atoms with Crippen LogP contribution in [0.4, 0.5) is 4.79 Å². The summed E-state index contributed by atoms with van der Waals surface area (Å²) in [7, 11) is 2.78. The third-order valence-corrected chi connectivity index (χ3v) is 2.48. The Labute approximate surface area is 127 Å². The molecule has 0 fully saturated rings. The molecule has 0 radical (unpaired) electrons. The van der Waals surface area contributed by atoms with E-state index >= 15 is 0 Å². The Morgan fingerprint density at radius 2 is 1.64 bits per heavy atom. The standard InChI is InChI=1S/C14H17NO7/c1-4-21-14(18)15-11(16)8-22-13(17)12-9(19-2)6-5-7-10(12)20-3/h5-7H,4,8H2,1-3H3,(H,15,16,18). The second kappa shape index (κ2) is 8.50. The predicted octanol–water partition coefficient (Wildman–Crippen LogP) is 1.13. The van der Waals surface area contributed by atoms with Gasteiger partial charge in [-0.05, 0) is 19.1 Å². The van der Waals surface area contributed by atoms with E-state index in [0.29, 0.717) is 0 Å². The maximum Gasteiger partial charge on any atom is 0.413 e. The van der Waals surface area contributed by atoms with Gasteiger partial charge in [0.05, 0.1) is 20.8 Å². The lowest BCUT2D eigenvalue weighted by molar-refractivity contribution is -0.123. The minimum Gasteiger partial charge on any atom is -0.496 e. The number of carbonyl (C=O) groups excluding carboxylic acids is 3. The van der Waals surface area contributed by atoms with Crippen molar-refractivity contribution in [1.29, 1.82) is 0 Å². The van der Waals surface area contributed by atoms with Crippen LogP contribution in [0.2, 0.25) is 0 Å². The number of imide groups is 1. The number of methoxy groups -OCH3 is 2. The topological polar surface area (TPSA) is 100 Å². The Hall–Kier alpha value is -2.77. The van der Waals surface area contributed by atoms with Gasteiger partial charge in [0, 0.05) is 0 Å². The lowest BCUT2D eigenvalue weighted by atomic mass is 10.2. The summed E-state index contributed by atoms with van der Waals surface area (Å²) in [6.07, 6.45) is -0.904. The van der Waals surface area contributed by atoms with Crippen LogP contribution in [0, 0.1) is 0 Å². The summed E-state index contributed by atoms with van der Waals surface area (Å²) >= 11 is 0. The molecule has 1 N–H and O–H groups in total. The quantitative estimate of drug-likeness (QED) is 0.786. The summed E-state index contributed by atoms with van der Waals surface area (Å²) in [6.45, 7) is 1.08. The molecule has 0 bridgehead atoms. The van der Waals surface area contributed by atoms with Gasteiger partial charge in [0.1, 0.15) is 17.1 Å². The molecule has 0 spiro atoms. The summed E-state index contributed by atoms with van der Waals surface area (Å²) in [4.78, 5) is 34.5. The van der Waals surface area contributed by atoms with Gasteiger partial charge < -0.3 is 18.9 Å². The summed E-state index contributed by atoms with van der Waals surface area (Å²) in [5.74, 6) is -1.13. The molecule has 0 aliphatic heterocycles. The zero-order valence-corrected chi connectivity index (χ0v) is 12.5. The van der Waals surface area contributed by atoms with Crippen molar-refractivity contribution >= 4 is 18.0 Å². The molecule has 0 atom stereocenters. The lowest BCUT2D eigenvalue weighted by Crippen LogP contribution is -2.34. The van der Waals surface area contributed by atoms with Gasteiger partial charge in [0.15, 0.2) is 6.61 Å². The highest BCUT2D eigenvalue weighted by Gasteiger charge is 2.21. The zero-order chi connectivity index (χ0) is 16.5. The molecule has 0 aromatic heterocycles. The van der Waals surface area contributed by atoms with Crippen molar-refractivity contribution < 1.29 is 33.3 Å². The molecule has 0 aliphatic rings. The number of esters is 1. The zero-order valence-electron chi connectivity index (χ0n) is 12.5. The second-order valence-corrected chi connectivity index (χ2v) is 3.88. The molecule has 120 valence electrons. The highest BCUT2D eigenvalue weighted by Crippen LogP contribution is 2.28. The lowest BCUT2D eigenvalue weighted by Gasteiger charge is -2.12. The van der Waals surface area contributed by atoms with Gasteiger partial charge in [-0.2, -0.15) is 0 Å². The number of hydrogen-bond donors (Lipinski definition) is 1. The molecular formula is C14H17NO7. The van der Waals surface area contributed by atoms with Crippen molar-refractivity contribution in [2.45, 2.75) is 6.92 Å². The number of rotatable bonds is 6. The maximum absolute atomic E-state index is 12.0. The number of amides is 2. The van der Waals surface area contributed by atoms with Crippen molar-refractivity contribution in [3.63, 3.8) is 0 Å². The van der Waals surface area contributed by atoms with Crippen LogP contribution in [-0.4, -0.2) is 45.4 Å². The molecule has 0 heterocycles. The van der Waals surface area contributed by atoms with E-state index in [2.05, 4.69) is 4.74 Å². The van der Waals surface area contributed by atoms with Gasteiger partial charge >= 0.3 is 12.1 Å². The molecule has 8 heteroatoms. The first-order chi connectivity index (χ1) is 10.5. The summed E-state index contributed by atoms with van der Waals surface area (Å²) in [6, 6.07) is 4.75. The Morgan fingerprint density at radius 1 is 1.05 bits per heavy atom. The molecule has 8 nitrogen and oxygen atoms in total. The van der Waals surface area contributed by atoms with Crippen molar-refractivity contribution in [3.8, 4) is 11.5 Å². The van der Waals surface area contributed by atoms with E-state index in [0.717, 1.165) is 0 Å². The van der Waals surface area contributed by atoms with Crippen LogP contribution < -0.4 is 14.8 Å². The van der Waals surface area contributed by atoms with Gasteiger partial charge in [0.2, 0.25) is 0 Å². The van der Waals surface area contributed by atoms with Crippen LogP contribution >= 0.6 is 0 Å². The van der Waals surface area contributed by atoms with Crippen LogP contribution in [0.1, 0.15) is 17.3 Å². The number of nitrogens with one attached hydrogen (secondary N) is 1. The number of benzene rings is 1. The number of ether oxygens (including phenoxy) is 4. The molecule has 0 saturated heterocycles. The molecule has 1 aromatic carbocycles. The van der Waals surface area contributed by atoms with Crippen LogP contribution in [0.5, 0.6) is 11.5 Å². The Bertz CT molecular complexity index is 534. The average molecular weight is 311 g/mol. The summed E-state index contributed by atoms with van der Waals surface area (Å²) in [5, 5.41) is 1.91. The van der Waals surface area contributed by atoms with E-state index in [1.165, 1.54) is 14.2 Å². The van der Waals surface area contributed by atoms with E-state index < -0.39 is 24.6 Å². The molecule has 22 heavy (non-hydrogen) atoms. The van der Waals surface area contributed by atoms with Crippen molar-refractivity contribution in [2.75, 3.05) is 27.4 Å². The largest absolute Gasteiger partial charge is 0.496 e.